The highest BCUT2D eigenvalue weighted by Crippen LogP contribution is 2.18. The Morgan fingerprint density at radius 1 is 1.10 bits per heavy atom. The topological polar surface area (TPSA) is 58.9 Å². The first-order valence-electron chi connectivity index (χ1n) is 7.28. The summed E-state index contributed by atoms with van der Waals surface area (Å²) in [5.74, 6) is 0. The second-order valence-corrected chi connectivity index (χ2v) is 5.75. The number of ether oxygens (including phenoxy) is 2. The molecule has 0 radical (unpaired) electrons. The van der Waals surface area contributed by atoms with Crippen molar-refractivity contribution in [2.45, 2.75) is 59.7 Å². The third-order valence-corrected chi connectivity index (χ3v) is 3.82. The Bertz CT molecular complexity index is 330. The SMILES string of the molecule is COC(C)(C)C(C)=CCO.COC(C)CC(C)=C(C)CO. The molecule has 4 nitrogen and oxygen atoms in total. The summed E-state index contributed by atoms with van der Waals surface area (Å²) < 4.78 is 10.3. The minimum atomic E-state index is -0.247. The Kier molecular flexibility index (Phi) is 12.8. The van der Waals surface area contributed by atoms with Gasteiger partial charge in [-0.15, -0.1) is 0 Å². The fraction of sp³-hybridized carbons (Fsp3) is 0.765. The van der Waals surface area contributed by atoms with Crippen molar-refractivity contribution in [2.24, 2.45) is 0 Å². The lowest BCUT2D eigenvalue weighted by molar-refractivity contribution is 0.0544. The van der Waals surface area contributed by atoms with Crippen molar-refractivity contribution in [3.63, 3.8) is 0 Å². The molecule has 0 fully saturated rings. The maximum atomic E-state index is 8.79. The summed E-state index contributed by atoms with van der Waals surface area (Å²) in [6, 6.07) is 0. The normalized spacial score (nSPS) is 15.0. The van der Waals surface area contributed by atoms with E-state index in [2.05, 4.69) is 0 Å². The Labute approximate surface area is 130 Å². The van der Waals surface area contributed by atoms with E-state index in [1.165, 1.54) is 5.57 Å². The largest absolute Gasteiger partial charge is 0.392 e. The van der Waals surface area contributed by atoms with Crippen molar-refractivity contribution >= 4 is 0 Å². The molecule has 21 heavy (non-hydrogen) atoms. The van der Waals surface area contributed by atoms with Gasteiger partial charge in [-0.25, -0.2) is 0 Å². The van der Waals surface area contributed by atoms with Crippen molar-refractivity contribution < 1.29 is 19.7 Å². The fourth-order valence-corrected chi connectivity index (χ4v) is 1.37. The molecular formula is C17H34O4. The molecule has 0 aliphatic rings. The summed E-state index contributed by atoms with van der Waals surface area (Å²) in [6.07, 6.45) is 2.91. The van der Waals surface area contributed by atoms with Crippen LogP contribution in [0, 0.1) is 0 Å². The predicted octanol–water partition coefficient (Wildman–Crippen LogP) is 3.09. The molecule has 0 bridgehead atoms. The molecule has 1 unspecified atom stereocenters. The van der Waals surface area contributed by atoms with Gasteiger partial charge in [-0.2, -0.15) is 0 Å². The van der Waals surface area contributed by atoms with Crippen LogP contribution in [0.15, 0.2) is 22.8 Å². The van der Waals surface area contributed by atoms with E-state index < -0.39 is 0 Å². The van der Waals surface area contributed by atoms with E-state index in [1.54, 1.807) is 20.3 Å². The van der Waals surface area contributed by atoms with Gasteiger partial charge in [-0.1, -0.05) is 11.6 Å². The van der Waals surface area contributed by atoms with Crippen LogP contribution >= 0.6 is 0 Å². The van der Waals surface area contributed by atoms with Crippen molar-refractivity contribution in [1.82, 2.24) is 0 Å². The third-order valence-electron chi connectivity index (χ3n) is 3.82. The molecule has 0 aromatic carbocycles. The summed E-state index contributed by atoms with van der Waals surface area (Å²) in [6.45, 7) is 12.1. The highest BCUT2D eigenvalue weighted by Gasteiger charge is 2.17. The molecule has 1 atom stereocenters. The van der Waals surface area contributed by atoms with Crippen molar-refractivity contribution in [1.29, 1.82) is 0 Å². The number of aliphatic hydroxyl groups excluding tert-OH is 2. The lowest BCUT2D eigenvalue weighted by Crippen LogP contribution is -2.23. The van der Waals surface area contributed by atoms with Crippen LogP contribution in [0.4, 0.5) is 0 Å². The van der Waals surface area contributed by atoms with Gasteiger partial charge >= 0.3 is 0 Å². The van der Waals surface area contributed by atoms with Crippen LogP contribution < -0.4 is 0 Å². The molecule has 0 aromatic rings. The minimum absolute atomic E-state index is 0.0820. The van der Waals surface area contributed by atoms with Crippen LogP contribution in [0.1, 0.15) is 48.0 Å². The van der Waals surface area contributed by atoms with E-state index in [0.717, 1.165) is 17.6 Å². The number of hydrogen-bond acceptors (Lipinski definition) is 4. The van der Waals surface area contributed by atoms with Gasteiger partial charge in [-0.05, 0) is 59.1 Å². The van der Waals surface area contributed by atoms with E-state index in [9.17, 15) is 0 Å². The molecule has 4 heteroatoms. The molecule has 0 heterocycles. The van der Waals surface area contributed by atoms with Crippen LogP contribution in [0.3, 0.4) is 0 Å². The van der Waals surface area contributed by atoms with E-state index in [1.807, 2.05) is 41.5 Å². The van der Waals surface area contributed by atoms with Gasteiger partial charge in [0.25, 0.3) is 0 Å². The summed E-state index contributed by atoms with van der Waals surface area (Å²) in [5.41, 5.74) is 3.08. The van der Waals surface area contributed by atoms with Gasteiger partial charge in [-0.3, -0.25) is 0 Å². The lowest BCUT2D eigenvalue weighted by Gasteiger charge is -2.23. The van der Waals surface area contributed by atoms with Gasteiger partial charge in [0.15, 0.2) is 0 Å². The maximum Gasteiger partial charge on any atom is 0.0829 e. The van der Waals surface area contributed by atoms with Gasteiger partial charge < -0.3 is 19.7 Å². The molecular weight excluding hydrogens is 268 g/mol. The van der Waals surface area contributed by atoms with Crippen LogP contribution in [0.25, 0.3) is 0 Å². The molecule has 0 spiro atoms. The third kappa shape index (κ3) is 10.7. The number of methoxy groups -OCH3 is 2. The van der Waals surface area contributed by atoms with Crippen LogP contribution in [0.5, 0.6) is 0 Å². The standard InChI is InChI=1S/C9H18O2.C8H16O2/c1-7(8(2)6-10)5-9(3)11-4;1-7(5-6-9)8(2,3)10-4/h9-10H,5-6H2,1-4H3;5,9H,6H2,1-4H3. The maximum absolute atomic E-state index is 8.79. The van der Waals surface area contributed by atoms with Crippen LogP contribution in [-0.2, 0) is 9.47 Å². The quantitative estimate of drug-likeness (QED) is 0.710. The van der Waals surface area contributed by atoms with E-state index in [0.29, 0.717) is 0 Å². The van der Waals surface area contributed by atoms with Crippen molar-refractivity contribution in [2.75, 3.05) is 27.4 Å². The average Bonchev–Trinajstić information content (AvgIpc) is 2.46. The Hall–Kier alpha value is -0.680. The first-order valence-corrected chi connectivity index (χ1v) is 7.28. The Morgan fingerprint density at radius 2 is 1.62 bits per heavy atom. The second kappa shape index (κ2) is 11.9. The number of hydrogen-bond donors (Lipinski definition) is 2. The van der Waals surface area contributed by atoms with Crippen LogP contribution in [-0.4, -0.2) is 49.4 Å². The van der Waals surface area contributed by atoms with Gasteiger partial charge in [0.1, 0.15) is 0 Å². The molecule has 0 aliphatic heterocycles. The first kappa shape index (κ1) is 22.6. The summed E-state index contributed by atoms with van der Waals surface area (Å²) in [5, 5.41) is 17.4. The van der Waals surface area contributed by atoms with E-state index in [4.69, 9.17) is 19.7 Å². The van der Waals surface area contributed by atoms with E-state index in [-0.39, 0.29) is 24.9 Å². The molecule has 126 valence electrons. The van der Waals surface area contributed by atoms with Gasteiger partial charge in [0.05, 0.1) is 24.9 Å². The molecule has 2 N–H and O–H groups in total. The summed E-state index contributed by atoms with van der Waals surface area (Å²) in [7, 11) is 3.36. The van der Waals surface area contributed by atoms with Crippen LogP contribution in [0.2, 0.25) is 0 Å². The van der Waals surface area contributed by atoms with Crippen molar-refractivity contribution in [3.05, 3.63) is 22.8 Å². The lowest BCUT2D eigenvalue weighted by atomic mass is 9.99. The monoisotopic (exact) mass is 302 g/mol. The average molecular weight is 302 g/mol. The second-order valence-electron chi connectivity index (χ2n) is 5.75. The predicted molar refractivity (Wildman–Crippen MR) is 88.5 cm³/mol. The minimum Gasteiger partial charge on any atom is -0.392 e. The highest BCUT2D eigenvalue weighted by atomic mass is 16.5. The fourth-order valence-electron chi connectivity index (χ4n) is 1.37. The zero-order chi connectivity index (χ0) is 17.1. The molecule has 0 aliphatic carbocycles. The number of rotatable bonds is 7. The number of aliphatic hydroxyl groups is 2. The Balaban J connectivity index is 0. The molecule has 0 aromatic heterocycles. The molecule has 0 saturated heterocycles. The van der Waals surface area contributed by atoms with E-state index >= 15 is 0 Å². The molecule has 0 saturated carbocycles. The summed E-state index contributed by atoms with van der Waals surface area (Å²) >= 11 is 0. The van der Waals surface area contributed by atoms with Gasteiger partial charge in [0, 0.05) is 14.2 Å². The zero-order valence-electron chi connectivity index (χ0n) is 15.0. The molecule has 0 rings (SSSR count). The van der Waals surface area contributed by atoms with Crippen molar-refractivity contribution in [3.8, 4) is 0 Å². The highest BCUT2D eigenvalue weighted by molar-refractivity contribution is 5.11. The Morgan fingerprint density at radius 3 is 1.95 bits per heavy atom. The smallest absolute Gasteiger partial charge is 0.0829 e. The molecule has 0 amide bonds. The summed E-state index contributed by atoms with van der Waals surface area (Å²) in [4.78, 5) is 0. The first-order chi connectivity index (χ1) is 9.65. The zero-order valence-corrected chi connectivity index (χ0v) is 15.0. The van der Waals surface area contributed by atoms with Gasteiger partial charge in [0.2, 0.25) is 0 Å².